The summed E-state index contributed by atoms with van der Waals surface area (Å²) in [5.41, 5.74) is 0.866. The molecule has 156 valence electrons. The molecule has 1 saturated carbocycles. The number of hydrogen-bond acceptors (Lipinski definition) is 5. The van der Waals surface area contributed by atoms with Crippen molar-refractivity contribution >= 4 is 17.7 Å². The summed E-state index contributed by atoms with van der Waals surface area (Å²) in [6.45, 7) is 7.09. The second-order valence-corrected chi connectivity index (χ2v) is 8.72. The first-order valence-corrected chi connectivity index (χ1v) is 11.1. The molecule has 2 aromatic rings. The fourth-order valence-corrected chi connectivity index (χ4v) is 4.57. The molecule has 1 amide bonds. The summed E-state index contributed by atoms with van der Waals surface area (Å²) in [4.78, 5) is 12.6. The number of carbonyl (C=O) groups is 1. The molecule has 1 aliphatic carbocycles. The Labute approximate surface area is 177 Å². The Morgan fingerprint density at radius 1 is 1.34 bits per heavy atom. The summed E-state index contributed by atoms with van der Waals surface area (Å²) < 4.78 is 7.45. The summed E-state index contributed by atoms with van der Waals surface area (Å²) in [5, 5.41) is 12.3. The van der Waals surface area contributed by atoms with Gasteiger partial charge in [-0.1, -0.05) is 49.2 Å². The van der Waals surface area contributed by atoms with Gasteiger partial charge < -0.3 is 10.1 Å². The predicted molar refractivity (Wildman–Crippen MR) is 117 cm³/mol. The molecule has 0 aliphatic heterocycles. The molecule has 1 aromatic heterocycles. The van der Waals surface area contributed by atoms with E-state index in [0.29, 0.717) is 23.4 Å². The molecule has 0 bridgehead atoms. The first kappa shape index (κ1) is 21.4. The van der Waals surface area contributed by atoms with Crippen molar-refractivity contribution in [3.8, 4) is 17.1 Å². The monoisotopic (exact) mass is 414 g/mol. The molecule has 0 spiro atoms. The molecule has 7 heteroatoms. The third kappa shape index (κ3) is 5.41. The molecule has 1 aliphatic rings. The van der Waals surface area contributed by atoms with Gasteiger partial charge in [-0.05, 0) is 37.8 Å². The van der Waals surface area contributed by atoms with E-state index in [-0.39, 0.29) is 11.2 Å². The number of thioether (sulfide) groups is 1. The van der Waals surface area contributed by atoms with Crippen LogP contribution in [0.2, 0.25) is 0 Å². The summed E-state index contributed by atoms with van der Waals surface area (Å²) in [6.07, 6.45) is 8.13. The Balaban J connectivity index is 1.70. The van der Waals surface area contributed by atoms with Crippen LogP contribution in [0.1, 0.15) is 39.0 Å². The van der Waals surface area contributed by atoms with Crippen LogP contribution < -0.4 is 10.1 Å². The van der Waals surface area contributed by atoms with Gasteiger partial charge in [0.1, 0.15) is 5.75 Å². The smallest absolute Gasteiger partial charge is 0.233 e. The topological polar surface area (TPSA) is 69.0 Å². The first-order valence-electron chi connectivity index (χ1n) is 10.3. The average molecular weight is 415 g/mol. The van der Waals surface area contributed by atoms with Gasteiger partial charge in [0.05, 0.1) is 17.9 Å². The minimum absolute atomic E-state index is 0.0487. The van der Waals surface area contributed by atoms with E-state index in [4.69, 9.17) is 4.74 Å². The van der Waals surface area contributed by atoms with E-state index in [0.717, 1.165) is 17.9 Å². The molecular weight excluding hydrogens is 384 g/mol. The Kier molecular flexibility index (Phi) is 7.75. The average Bonchev–Trinajstić information content (AvgIpc) is 3.15. The van der Waals surface area contributed by atoms with E-state index >= 15 is 0 Å². The van der Waals surface area contributed by atoms with Crippen molar-refractivity contribution in [1.29, 1.82) is 0 Å². The highest BCUT2D eigenvalue weighted by Crippen LogP contribution is 2.32. The third-order valence-electron chi connectivity index (χ3n) is 5.32. The number of hydrogen-bond donors (Lipinski definition) is 1. The van der Waals surface area contributed by atoms with Crippen molar-refractivity contribution in [3.05, 3.63) is 36.9 Å². The number of nitrogens with one attached hydrogen (secondary N) is 1. The van der Waals surface area contributed by atoms with Crippen LogP contribution in [0, 0.1) is 5.92 Å². The number of amides is 1. The van der Waals surface area contributed by atoms with E-state index in [1.165, 1.54) is 43.9 Å². The molecule has 1 heterocycles. The largest absolute Gasteiger partial charge is 0.496 e. The summed E-state index contributed by atoms with van der Waals surface area (Å²) in [7, 11) is 1.64. The maximum Gasteiger partial charge on any atom is 0.233 e. The summed E-state index contributed by atoms with van der Waals surface area (Å²) in [5.74, 6) is 2.11. The number of aromatic nitrogens is 3. The maximum absolute atomic E-state index is 12.6. The molecule has 0 saturated heterocycles. The van der Waals surface area contributed by atoms with Crippen LogP contribution in [0.4, 0.5) is 0 Å². The lowest BCUT2D eigenvalue weighted by Crippen LogP contribution is -2.35. The predicted octanol–water partition coefficient (Wildman–Crippen LogP) is 4.32. The number of methoxy groups -OCH3 is 1. The zero-order chi connectivity index (χ0) is 20.6. The second-order valence-electron chi connectivity index (χ2n) is 7.42. The van der Waals surface area contributed by atoms with E-state index in [2.05, 4.69) is 22.1 Å². The lowest BCUT2D eigenvalue weighted by Gasteiger charge is -2.22. The minimum Gasteiger partial charge on any atom is -0.496 e. The second kappa shape index (κ2) is 10.5. The van der Waals surface area contributed by atoms with Gasteiger partial charge in [-0.2, -0.15) is 0 Å². The van der Waals surface area contributed by atoms with E-state index in [1.54, 1.807) is 13.2 Å². The zero-order valence-corrected chi connectivity index (χ0v) is 18.1. The summed E-state index contributed by atoms with van der Waals surface area (Å²) in [6, 6.07) is 7.72. The van der Waals surface area contributed by atoms with Crippen LogP contribution in [0.5, 0.6) is 5.75 Å². The highest BCUT2D eigenvalue weighted by molar-refractivity contribution is 8.00. The Morgan fingerprint density at radius 3 is 2.83 bits per heavy atom. The van der Waals surface area contributed by atoms with Crippen LogP contribution in [0.15, 0.2) is 42.1 Å². The molecule has 1 N–H and O–H groups in total. The van der Waals surface area contributed by atoms with Crippen molar-refractivity contribution < 1.29 is 9.53 Å². The molecule has 6 nitrogen and oxygen atoms in total. The van der Waals surface area contributed by atoms with Crippen molar-refractivity contribution in [2.75, 3.05) is 13.7 Å². The number of nitrogens with zero attached hydrogens (tertiary/aromatic N) is 3. The van der Waals surface area contributed by atoms with E-state index in [9.17, 15) is 4.79 Å². The van der Waals surface area contributed by atoms with Crippen LogP contribution in [0.3, 0.4) is 0 Å². The fraction of sp³-hybridized carbons (Fsp3) is 0.500. The molecule has 1 unspecified atom stereocenters. The quantitative estimate of drug-likeness (QED) is 0.489. The zero-order valence-electron chi connectivity index (χ0n) is 17.3. The SMILES string of the molecule is C=CCn1c(SC(C)C(=O)NCC2CCCCC2)nnc1-c1ccccc1OC. The van der Waals surface area contributed by atoms with Crippen molar-refractivity contribution in [1.82, 2.24) is 20.1 Å². The number of ether oxygens (including phenoxy) is 1. The molecule has 3 rings (SSSR count). The highest BCUT2D eigenvalue weighted by atomic mass is 32.2. The number of allylic oxidation sites excluding steroid dienone is 1. The van der Waals surface area contributed by atoms with Gasteiger partial charge in [0.25, 0.3) is 0 Å². The van der Waals surface area contributed by atoms with Crippen LogP contribution in [0.25, 0.3) is 11.4 Å². The standard InChI is InChI=1S/C22H30N4O2S/c1-4-14-26-20(18-12-8-9-13-19(18)28-3)24-25-22(26)29-16(2)21(27)23-15-17-10-6-5-7-11-17/h4,8-9,12-13,16-17H,1,5-7,10-11,14-15H2,2-3H3,(H,23,27). The van der Waals surface area contributed by atoms with Gasteiger partial charge in [0.15, 0.2) is 11.0 Å². The Hall–Kier alpha value is -2.28. The number of rotatable bonds is 9. The molecular formula is C22H30N4O2S. The van der Waals surface area contributed by atoms with Gasteiger partial charge in [-0.25, -0.2) is 0 Å². The summed E-state index contributed by atoms with van der Waals surface area (Å²) >= 11 is 1.42. The molecule has 1 fully saturated rings. The van der Waals surface area contributed by atoms with Crippen molar-refractivity contribution in [2.45, 2.75) is 56.0 Å². The fourth-order valence-electron chi connectivity index (χ4n) is 3.69. The van der Waals surface area contributed by atoms with E-state index < -0.39 is 0 Å². The van der Waals surface area contributed by atoms with Crippen LogP contribution in [-0.2, 0) is 11.3 Å². The number of benzene rings is 1. The van der Waals surface area contributed by atoms with Gasteiger partial charge in [0, 0.05) is 13.1 Å². The van der Waals surface area contributed by atoms with E-state index in [1.807, 2.05) is 35.8 Å². The lowest BCUT2D eigenvalue weighted by atomic mass is 9.89. The number of carbonyl (C=O) groups excluding carboxylic acids is 1. The van der Waals surface area contributed by atoms with Gasteiger partial charge >= 0.3 is 0 Å². The molecule has 0 radical (unpaired) electrons. The maximum atomic E-state index is 12.6. The van der Waals surface area contributed by atoms with Gasteiger partial charge in [0.2, 0.25) is 5.91 Å². The highest BCUT2D eigenvalue weighted by Gasteiger charge is 2.22. The Bertz CT molecular complexity index is 830. The lowest BCUT2D eigenvalue weighted by molar-refractivity contribution is -0.120. The Morgan fingerprint density at radius 2 is 2.10 bits per heavy atom. The number of para-hydroxylation sites is 1. The van der Waals surface area contributed by atoms with Crippen molar-refractivity contribution in [3.63, 3.8) is 0 Å². The third-order valence-corrected chi connectivity index (χ3v) is 6.40. The van der Waals surface area contributed by atoms with Crippen LogP contribution in [-0.4, -0.2) is 39.6 Å². The van der Waals surface area contributed by atoms with Crippen molar-refractivity contribution in [2.24, 2.45) is 5.92 Å². The normalized spacial score (nSPS) is 15.7. The van der Waals surface area contributed by atoms with Gasteiger partial charge in [-0.15, -0.1) is 16.8 Å². The molecule has 1 aromatic carbocycles. The minimum atomic E-state index is -0.253. The van der Waals surface area contributed by atoms with Crippen LogP contribution >= 0.6 is 11.8 Å². The molecule has 1 atom stereocenters. The van der Waals surface area contributed by atoms with Gasteiger partial charge in [-0.3, -0.25) is 9.36 Å². The first-order chi connectivity index (χ1) is 14.1. The molecule has 29 heavy (non-hydrogen) atoms.